The highest BCUT2D eigenvalue weighted by atomic mass is 16.6. The summed E-state index contributed by atoms with van der Waals surface area (Å²) in [5.41, 5.74) is 2.11. The van der Waals surface area contributed by atoms with Crippen LogP contribution in [0, 0.1) is 10.1 Å². The van der Waals surface area contributed by atoms with E-state index in [2.05, 4.69) is 14.9 Å². The molecule has 0 bridgehead atoms. The lowest BCUT2D eigenvalue weighted by Crippen LogP contribution is -2.46. The molecular formula is C21H25N5O3. The Morgan fingerprint density at radius 1 is 1.07 bits per heavy atom. The van der Waals surface area contributed by atoms with Gasteiger partial charge in [-0.25, -0.2) is 4.52 Å². The fourth-order valence-electron chi connectivity index (χ4n) is 3.65. The summed E-state index contributed by atoms with van der Waals surface area (Å²) in [5, 5.41) is 15.1. The molecule has 0 aliphatic carbocycles. The molecule has 0 N–H and O–H groups in total. The number of benzene rings is 1. The minimum atomic E-state index is -0.338. The molecule has 1 aliphatic rings. The van der Waals surface area contributed by atoms with Gasteiger partial charge in [0.05, 0.1) is 17.0 Å². The molecule has 0 unspecified atom stereocenters. The van der Waals surface area contributed by atoms with Crippen LogP contribution in [-0.2, 0) is 0 Å². The molecule has 1 aromatic carbocycles. The van der Waals surface area contributed by atoms with Gasteiger partial charge in [-0.2, -0.15) is 5.10 Å². The number of anilines is 1. The van der Waals surface area contributed by atoms with Crippen molar-refractivity contribution in [3.63, 3.8) is 0 Å². The maximum atomic E-state index is 11.0. The number of rotatable bonds is 8. The van der Waals surface area contributed by atoms with E-state index in [1.165, 1.54) is 6.07 Å². The topological polar surface area (TPSA) is 76.2 Å². The molecule has 3 aromatic rings. The van der Waals surface area contributed by atoms with Crippen LogP contribution in [0.15, 0.2) is 54.9 Å². The maximum Gasteiger partial charge on any atom is 0.271 e. The van der Waals surface area contributed by atoms with E-state index in [-0.39, 0.29) is 10.6 Å². The van der Waals surface area contributed by atoms with Crippen LogP contribution in [0.3, 0.4) is 0 Å². The number of piperazine rings is 1. The molecule has 1 saturated heterocycles. The van der Waals surface area contributed by atoms with Crippen molar-refractivity contribution < 1.29 is 9.66 Å². The van der Waals surface area contributed by atoms with Gasteiger partial charge in [0, 0.05) is 62.5 Å². The molecule has 29 heavy (non-hydrogen) atoms. The first kappa shape index (κ1) is 19.2. The van der Waals surface area contributed by atoms with Crippen molar-refractivity contribution in [3.8, 4) is 5.75 Å². The molecule has 8 heteroatoms. The highest BCUT2D eigenvalue weighted by Crippen LogP contribution is 2.22. The molecular weight excluding hydrogens is 370 g/mol. The third-order valence-corrected chi connectivity index (χ3v) is 5.29. The van der Waals surface area contributed by atoms with Gasteiger partial charge in [0.2, 0.25) is 0 Å². The highest BCUT2D eigenvalue weighted by molar-refractivity contribution is 5.53. The number of fused-ring (bicyclic) bond motifs is 1. The number of unbranched alkanes of at least 4 members (excludes halogenated alkanes) is 1. The Morgan fingerprint density at radius 3 is 2.76 bits per heavy atom. The minimum absolute atomic E-state index is 0.150. The summed E-state index contributed by atoms with van der Waals surface area (Å²) in [6, 6.07) is 12.8. The predicted octanol–water partition coefficient (Wildman–Crippen LogP) is 3.22. The number of nitro benzene ring substituents is 1. The van der Waals surface area contributed by atoms with Gasteiger partial charge in [-0.3, -0.25) is 15.0 Å². The zero-order valence-electron chi connectivity index (χ0n) is 16.3. The van der Waals surface area contributed by atoms with E-state index in [0.717, 1.165) is 62.5 Å². The first-order valence-corrected chi connectivity index (χ1v) is 9.97. The fourth-order valence-corrected chi connectivity index (χ4v) is 3.65. The van der Waals surface area contributed by atoms with E-state index in [0.29, 0.717) is 6.61 Å². The van der Waals surface area contributed by atoms with Gasteiger partial charge in [-0.1, -0.05) is 6.07 Å². The number of pyridine rings is 1. The summed E-state index contributed by atoms with van der Waals surface area (Å²) in [5.74, 6) is 0.878. The van der Waals surface area contributed by atoms with Crippen molar-refractivity contribution in [1.82, 2.24) is 14.5 Å². The number of nitro groups is 1. The average molecular weight is 395 g/mol. The Labute approximate surface area is 169 Å². The molecule has 1 fully saturated rings. The lowest BCUT2D eigenvalue weighted by atomic mass is 10.2. The van der Waals surface area contributed by atoms with Gasteiger partial charge in [0.15, 0.2) is 0 Å². The molecule has 1 aliphatic heterocycles. The molecule has 0 saturated carbocycles. The third-order valence-electron chi connectivity index (χ3n) is 5.29. The van der Waals surface area contributed by atoms with Gasteiger partial charge >= 0.3 is 0 Å². The molecule has 8 nitrogen and oxygen atoms in total. The second kappa shape index (κ2) is 8.91. The minimum Gasteiger partial charge on any atom is -0.493 e. The Bertz CT molecular complexity index is 966. The molecule has 0 spiro atoms. The highest BCUT2D eigenvalue weighted by Gasteiger charge is 2.18. The van der Waals surface area contributed by atoms with E-state index in [9.17, 15) is 10.1 Å². The van der Waals surface area contributed by atoms with Crippen LogP contribution < -0.4 is 9.64 Å². The third kappa shape index (κ3) is 4.83. The monoisotopic (exact) mass is 395 g/mol. The number of hydrogen-bond donors (Lipinski definition) is 0. The van der Waals surface area contributed by atoms with Gasteiger partial charge in [-0.15, -0.1) is 0 Å². The van der Waals surface area contributed by atoms with Crippen LogP contribution in [0.4, 0.5) is 11.4 Å². The largest absolute Gasteiger partial charge is 0.493 e. The number of hydrogen-bond acceptors (Lipinski definition) is 6. The number of ether oxygens (including phenoxy) is 1. The van der Waals surface area contributed by atoms with Crippen LogP contribution in [0.5, 0.6) is 5.75 Å². The van der Waals surface area contributed by atoms with Gasteiger partial charge in [0.25, 0.3) is 5.69 Å². The molecule has 0 radical (unpaired) electrons. The quantitative estimate of drug-likeness (QED) is 0.331. The Morgan fingerprint density at radius 2 is 1.93 bits per heavy atom. The van der Waals surface area contributed by atoms with Crippen molar-refractivity contribution in [2.24, 2.45) is 0 Å². The maximum absolute atomic E-state index is 11.0. The van der Waals surface area contributed by atoms with Gasteiger partial charge < -0.3 is 9.64 Å². The standard InChI is InChI=1S/C21H25N5O3/c27-26(28)20-5-3-4-18(16-20)24-13-11-23(12-14-24)9-1-2-15-29-21-7-10-25-19(17-21)6-8-22-25/h3-8,10,16-17H,1-2,9,11-15H2. The predicted molar refractivity (Wildman–Crippen MR) is 112 cm³/mol. The summed E-state index contributed by atoms with van der Waals surface area (Å²) in [6.07, 6.45) is 5.78. The van der Waals surface area contributed by atoms with E-state index < -0.39 is 0 Å². The molecule has 0 amide bonds. The molecule has 3 heterocycles. The van der Waals surface area contributed by atoms with Crippen LogP contribution in [0.2, 0.25) is 0 Å². The number of aromatic nitrogens is 2. The second-order valence-electron chi connectivity index (χ2n) is 7.22. The van der Waals surface area contributed by atoms with Gasteiger partial charge in [-0.05, 0) is 37.6 Å². The Hall–Kier alpha value is -3.13. The van der Waals surface area contributed by atoms with E-state index in [4.69, 9.17) is 4.74 Å². The first-order valence-electron chi connectivity index (χ1n) is 9.97. The van der Waals surface area contributed by atoms with Crippen molar-refractivity contribution in [1.29, 1.82) is 0 Å². The SMILES string of the molecule is O=[N+]([O-])c1cccc(N2CCN(CCCCOc3ccn4nccc4c3)CC2)c1. The van der Waals surface area contributed by atoms with Crippen LogP contribution in [0.1, 0.15) is 12.8 Å². The first-order chi connectivity index (χ1) is 14.2. The smallest absolute Gasteiger partial charge is 0.271 e. The van der Waals surface area contributed by atoms with E-state index in [1.54, 1.807) is 18.3 Å². The number of non-ortho nitro benzene ring substituents is 1. The summed E-state index contributed by atoms with van der Waals surface area (Å²) in [4.78, 5) is 15.3. The van der Waals surface area contributed by atoms with Crippen molar-refractivity contribution in [3.05, 3.63) is 65.0 Å². The summed E-state index contributed by atoms with van der Waals surface area (Å²) in [6.45, 7) is 5.49. The van der Waals surface area contributed by atoms with E-state index >= 15 is 0 Å². The van der Waals surface area contributed by atoms with Gasteiger partial charge in [0.1, 0.15) is 5.75 Å². The molecule has 4 rings (SSSR count). The molecule has 0 atom stereocenters. The normalized spacial score (nSPS) is 15.0. The fraction of sp³-hybridized carbons (Fsp3) is 0.381. The van der Waals surface area contributed by atoms with Crippen LogP contribution in [-0.4, -0.2) is 58.8 Å². The average Bonchev–Trinajstić information content (AvgIpc) is 3.22. The van der Waals surface area contributed by atoms with Crippen LogP contribution in [0.25, 0.3) is 5.52 Å². The number of nitrogens with zero attached hydrogens (tertiary/aromatic N) is 5. The lowest BCUT2D eigenvalue weighted by molar-refractivity contribution is -0.384. The lowest BCUT2D eigenvalue weighted by Gasteiger charge is -2.36. The van der Waals surface area contributed by atoms with Crippen molar-refractivity contribution in [2.45, 2.75) is 12.8 Å². The van der Waals surface area contributed by atoms with Crippen LogP contribution >= 0.6 is 0 Å². The summed E-state index contributed by atoms with van der Waals surface area (Å²) in [7, 11) is 0. The Balaban J connectivity index is 1.16. The molecule has 152 valence electrons. The summed E-state index contributed by atoms with van der Waals surface area (Å²) < 4.78 is 7.68. The molecule has 2 aromatic heterocycles. The summed E-state index contributed by atoms with van der Waals surface area (Å²) >= 11 is 0. The zero-order valence-corrected chi connectivity index (χ0v) is 16.3. The Kier molecular flexibility index (Phi) is 5.90. The second-order valence-corrected chi connectivity index (χ2v) is 7.22. The van der Waals surface area contributed by atoms with Crippen molar-refractivity contribution in [2.75, 3.05) is 44.2 Å². The van der Waals surface area contributed by atoms with E-state index in [1.807, 2.05) is 35.0 Å². The zero-order chi connectivity index (χ0) is 20.1. The van der Waals surface area contributed by atoms with Crippen molar-refractivity contribution >= 4 is 16.9 Å².